The van der Waals surface area contributed by atoms with Crippen LogP contribution in [0.25, 0.3) is 0 Å². The maximum atomic E-state index is 13.5. The number of carbonyl (C=O) groups is 3. The number of ketones is 1. The van der Waals surface area contributed by atoms with E-state index >= 15 is 0 Å². The monoisotopic (exact) mass is 395 g/mol. The fourth-order valence-corrected chi connectivity index (χ4v) is 3.31. The zero-order valence-electron chi connectivity index (χ0n) is 15.5. The van der Waals surface area contributed by atoms with Crippen molar-refractivity contribution in [1.82, 2.24) is 15.8 Å². The molecule has 10 nitrogen and oxygen atoms in total. The van der Waals surface area contributed by atoms with Gasteiger partial charge >= 0.3 is 12.1 Å². The van der Waals surface area contributed by atoms with E-state index in [9.17, 15) is 14.4 Å². The van der Waals surface area contributed by atoms with Gasteiger partial charge in [-0.05, 0) is 37.1 Å². The first kappa shape index (κ1) is 20.0. The summed E-state index contributed by atoms with van der Waals surface area (Å²) in [5.41, 5.74) is 12.5. The summed E-state index contributed by atoms with van der Waals surface area (Å²) in [4.78, 5) is 36.6. The third-order valence-electron chi connectivity index (χ3n) is 4.51. The molecule has 1 aliphatic heterocycles. The van der Waals surface area contributed by atoms with Gasteiger partial charge in [0, 0.05) is 12.1 Å². The van der Waals surface area contributed by atoms with Gasteiger partial charge in [-0.15, -0.1) is 5.11 Å². The van der Waals surface area contributed by atoms with Gasteiger partial charge in [0.1, 0.15) is 0 Å². The van der Waals surface area contributed by atoms with Gasteiger partial charge in [0.25, 0.3) is 0 Å². The largest absolute Gasteiger partial charge is 0.352 e. The molecule has 0 aliphatic carbocycles. The van der Waals surface area contributed by atoms with Crippen LogP contribution in [0.3, 0.4) is 0 Å². The number of primary amides is 2. The topological polar surface area (TPSA) is 155 Å². The van der Waals surface area contributed by atoms with Crippen molar-refractivity contribution in [1.29, 1.82) is 0 Å². The second kappa shape index (κ2) is 8.48. The van der Waals surface area contributed by atoms with Crippen molar-refractivity contribution >= 4 is 29.2 Å². The number of carbonyl (C=O) groups excluding carboxylic acids is 3. The van der Waals surface area contributed by atoms with E-state index in [2.05, 4.69) is 21.0 Å². The van der Waals surface area contributed by atoms with Crippen LogP contribution in [0.2, 0.25) is 0 Å². The Balaban J connectivity index is 2.00. The average molecular weight is 395 g/mol. The molecule has 1 heterocycles. The quantitative estimate of drug-likeness (QED) is 0.437. The molecule has 0 bridgehead atoms. The lowest BCUT2D eigenvalue weighted by atomic mass is 9.94. The Hall–Kier alpha value is -3.79. The number of nitrogens with two attached hydrogens (primary N) is 2. The van der Waals surface area contributed by atoms with Crippen LogP contribution in [-0.4, -0.2) is 35.1 Å². The Morgan fingerprint density at radius 3 is 2.31 bits per heavy atom. The molecule has 0 unspecified atom stereocenters. The second-order valence-corrected chi connectivity index (χ2v) is 6.46. The molecule has 150 valence electrons. The fourth-order valence-electron chi connectivity index (χ4n) is 3.31. The molecular weight excluding hydrogens is 374 g/mol. The summed E-state index contributed by atoms with van der Waals surface area (Å²) in [5, 5.41) is 12.1. The van der Waals surface area contributed by atoms with Crippen molar-refractivity contribution < 1.29 is 14.4 Å². The maximum Gasteiger partial charge on any atom is 0.326 e. The van der Waals surface area contributed by atoms with E-state index < -0.39 is 23.5 Å². The molecule has 2 aromatic rings. The van der Waals surface area contributed by atoms with E-state index in [1.165, 1.54) is 5.01 Å². The number of Topliss-reactive ketones (excluding diaryl/α,β-unsaturated/α-hetero) is 1. The van der Waals surface area contributed by atoms with Crippen molar-refractivity contribution in [3.8, 4) is 0 Å². The number of nitrogens with zero attached hydrogens (tertiary/aromatic N) is 3. The van der Waals surface area contributed by atoms with Gasteiger partial charge in [0.05, 0.1) is 11.4 Å². The summed E-state index contributed by atoms with van der Waals surface area (Å²) in [5.74, 6) is -0.481. The number of benzene rings is 2. The minimum atomic E-state index is -1.57. The molecule has 6 N–H and O–H groups in total. The smallest absolute Gasteiger partial charge is 0.326 e. The molecule has 0 aromatic heterocycles. The van der Waals surface area contributed by atoms with Crippen LogP contribution in [-0.2, 0) is 0 Å². The van der Waals surface area contributed by atoms with Crippen LogP contribution in [0.4, 0.5) is 21.0 Å². The zero-order chi connectivity index (χ0) is 20.9. The fraction of sp³-hybridized carbons (Fsp3) is 0.211. The Morgan fingerprint density at radius 2 is 1.62 bits per heavy atom. The number of hydrazine groups is 1. The molecule has 1 aliphatic rings. The SMILES string of the molecule is NC(=O)NN1CCC[C@@]1(NC(N)=O)C(=O)c1ccccc1N=Nc1ccccc1. The van der Waals surface area contributed by atoms with E-state index in [1.807, 2.05) is 18.2 Å². The van der Waals surface area contributed by atoms with Gasteiger partial charge in [-0.25, -0.2) is 9.59 Å². The Morgan fingerprint density at radius 1 is 0.931 bits per heavy atom. The van der Waals surface area contributed by atoms with Crippen LogP contribution in [0.1, 0.15) is 23.2 Å². The van der Waals surface area contributed by atoms with Crippen LogP contribution in [0, 0.1) is 0 Å². The van der Waals surface area contributed by atoms with Gasteiger partial charge in [0.15, 0.2) is 5.66 Å². The number of amides is 4. The van der Waals surface area contributed by atoms with E-state index in [1.54, 1.807) is 36.4 Å². The van der Waals surface area contributed by atoms with Crippen molar-refractivity contribution in [2.45, 2.75) is 18.5 Å². The Bertz CT molecular complexity index is 948. The van der Waals surface area contributed by atoms with Crippen LogP contribution >= 0.6 is 0 Å². The van der Waals surface area contributed by atoms with Gasteiger partial charge in [0.2, 0.25) is 5.78 Å². The van der Waals surface area contributed by atoms with Crippen molar-refractivity contribution in [3.63, 3.8) is 0 Å². The second-order valence-electron chi connectivity index (χ2n) is 6.46. The molecule has 29 heavy (non-hydrogen) atoms. The van der Waals surface area contributed by atoms with Crippen molar-refractivity contribution in [2.24, 2.45) is 21.7 Å². The molecule has 0 spiro atoms. The highest BCUT2D eigenvalue weighted by Gasteiger charge is 2.50. The number of urea groups is 2. The molecule has 4 amide bonds. The van der Waals surface area contributed by atoms with Gasteiger partial charge in [-0.2, -0.15) is 10.1 Å². The van der Waals surface area contributed by atoms with Gasteiger partial charge < -0.3 is 16.8 Å². The molecule has 3 rings (SSSR count). The minimum Gasteiger partial charge on any atom is -0.352 e. The number of nitrogens with one attached hydrogen (secondary N) is 2. The summed E-state index contributed by atoms with van der Waals surface area (Å²) >= 11 is 0. The number of hydrogen-bond donors (Lipinski definition) is 4. The van der Waals surface area contributed by atoms with Crippen molar-refractivity contribution in [3.05, 3.63) is 60.2 Å². The first-order valence-electron chi connectivity index (χ1n) is 8.94. The highest BCUT2D eigenvalue weighted by Crippen LogP contribution is 2.33. The summed E-state index contributed by atoms with van der Waals surface area (Å²) in [6.07, 6.45) is 0.763. The average Bonchev–Trinajstić information content (AvgIpc) is 3.08. The number of hydrogen-bond acceptors (Lipinski definition) is 6. The molecule has 0 saturated carbocycles. The predicted octanol–water partition coefficient (Wildman–Crippen LogP) is 2.33. The van der Waals surface area contributed by atoms with Crippen LogP contribution in [0.15, 0.2) is 64.8 Å². The first-order chi connectivity index (χ1) is 13.9. The van der Waals surface area contributed by atoms with E-state index in [4.69, 9.17) is 11.5 Å². The maximum absolute atomic E-state index is 13.5. The lowest BCUT2D eigenvalue weighted by Crippen LogP contribution is -2.68. The highest BCUT2D eigenvalue weighted by molar-refractivity contribution is 6.08. The molecular formula is C19H21N7O3. The molecule has 1 fully saturated rings. The Kier molecular flexibility index (Phi) is 5.84. The summed E-state index contributed by atoms with van der Waals surface area (Å²) in [6, 6.07) is 13.9. The Labute approximate surface area is 166 Å². The minimum absolute atomic E-state index is 0.221. The van der Waals surface area contributed by atoms with Gasteiger partial charge in [-0.3, -0.25) is 10.2 Å². The summed E-state index contributed by atoms with van der Waals surface area (Å²) in [6.45, 7) is 0.308. The molecule has 2 aromatic carbocycles. The van der Waals surface area contributed by atoms with E-state index in [0.29, 0.717) is 24.3 Å². The first-order valence-corrected chi connectivity index (χ1v) is 8.94. The molecule has 10 heteroatoms. The van der Waals surface area contributed by atoms with Crippen molar-refractivity contribution in [2.75, 3.05) is 6.54 Å². The number of rotatable bonds is 6. The molecule has 1 atom stereocenters. The van der Waals surface area contributed by atoms with E-state index in [-0.39, 0.29) is 12.0 Å². The zero-order valence-corrected chi connectivity index (χ0v) is 15.5. The van der Waals surface area contributed by atoms with Crippen LogP contribution in [0.5, 0.6) is 0 Å². The normalized spacial score (nSPS) is 19.2. The standard InChI is InChI=1S/C19H21N7O3/c20-17(28)22-19(11-6-12-26(19)25-18(21)29)16(27)14-9-4-5-10-15(14)24-23-13-7-2-1-3-8-13/h1-5,7-10H,6,11-12H2,(H3,20,22,28)(H3,21,25,29)/t19-/m0/s1. The van der Waals surface area contributed by atoms with Gasteiger partial charge in [-0.1, -0.05) is 30.3 Å². The molecule has 1 saturated heterocycles. The highest BCUT2D eigenvalue weighted by atomic mass is 16.2. The van der Waals surface area contributed by atoms with E-state index in [0.717, 1.165) is 0 Å². The predicted molar refractivity (Wildman–Crippen MR) is 105 cm³/mol. The molecule has 0 radical (unpaired) electrons. The third-order valence-corrected chi connectivity index (χ3v) is 4.51. The van der Waals surface area contributed by atoms with Crippen LogP contribution < -0.4 is 22.2 Å². The number of azo groups is 1. The lowest BCUT2D eigenvalue weighted by molar-refractivity contribution is 0.0475. The lowest BCUT2D eigenvalue weighted by Gasteiger charge is -2.36. The summed E-state index contributed by atoms with van der Waals surface area (Å²) < 4.78 is 0. The summed E-state index contributed by atoms with van der Waals surface area (Å²) in [7, 11) is 0. The third kappa shape index (κ3) is 4.38.